The summed E-state index contributed by atoms with van der Waals surface area (Å²) >= 11 is 7.78. The van der Waals surface area contributed by atoms with Crippen LogP contribution in [0.2, 0.25) is 5.02 Å². The summed E-state index contributed by atoms with van der Waals surface area (Å²) in [6, 6.07) is 6.32. The van der Waals surface area contributed by atoms with E-state index in [1.165, 1.54) is 5.56 Å². The SMILES string of the molecule is Cc1cc(N)c(Cl)cc1NC(C)Cc1ccsc1. The maximum Gasteiger partial charge on any atom is 0.0656 e. The first-order chi connectivity index (χ1) is 8.56. The zero-order chi connectivity index (χ0) is 13.1. The Balaban J connectivity index is 2.07. The van der Waals surface area contributed by atoms with Crippen molar-refractivity contribution < 1.29 is 0 Å². The average Bonchev–Trinajstić information content (AvgIpc) is 2.78. The number of benzene rings is 1. The lowest BCUT2D eigenvalue weighted by atomic mass is 10.1. The van der Waals surface area contributed by atoms with Crippen molar-refractivity contribution in [3.63, 3.8) is 0 Å². The first-order valence-electron chi connectivity index (χ1n) is 5.89. The van der Waals surface area contributed by atoms with E-state index >= 15 is 0 Å². The monoisotopic (exact) mass is 280 g/mol. The molecule has 0 radical (unpaired) electrons. The van der Waals surface area contributed by atoms with Crippen molar-refractivity contribution in [3.05, 3.63) is 45.1 Å². The number of halogens is 1. The number of thiophene rings is 1. The van der Waals surface area contributed by atoms with Gasteiger partial charge < -0.3 is 11.1 Å². The van der Waals surface area contributed by atoms with Gasteiger partial charge in [0, 0.05) is 11.7 Å². The third-order valence-corrected chi connectivity index (χ3v) is 3.93. The molecule has 2 rings (SSSR count). The maximum atomic E-state index is 6.05. The number of rotatable bonds is 4. The Morgan fingerprint density at radius 1 is 1.44 bits per heavy atom. The van der Waals surface area contributed by atoms with Crippen LogP contribution in [0.15, 0.2) is 29.0 Å². The highest BCUT2D eigenvalue weighted by atomic mass is 35.5. The summed E-state index contributed by atoms with van der Waals surface area (Å²) in [5, 5.41) is 8.37. The quantitative estimate of drug-likeness (QED) is 0.818. The maximum absolute atomic E-state index is 6.05. The third-order valence-electron chi connectivity index (χ3n) is 2.87. The van der Waals surface area contributed by atoms with E-state index in [0.29, 0.717) is 16.8 Å². The fourth-order valence-corrected chi connectivity index (χ4v) is 2.78. The van der Waals surface area contributed by atoms with Crippen LogP contribution in [-0.4, -0.2) is 6.04 Å². The van der Waals surface area contributed by atoms with Gasteiger partial charge in [-0.1, -0.05) is 11.6 Å². The summed E-state index contributed by atoms with van der Waals surface area (Å²) in [6.45, 7) is 4.20. The predicted molar refractivity (Wildman–Crippen MR) is 81.7 cm³/mol. The zero-order valence-corrected chi connectivity index (χ0v) is 12.1. The molecule has 0 spiro atoms. The van der Waals surface area contributed by atoms with Crippen molar-refractivity contribution in [2.75, 3.05) is 11.1 Å². The van der Waals surface area contributed by atoms with Gasteiger partial charge in [0.2, 0.25) is 0 Å². The number of anilines is 2. The normalized spacial score (nSPS) is 12.4. The zero-order valence-electron chi connectivity index (χ0n) is 10.5. The van der Waals surface area contributed by atoms with Gasteiger partial charge in [-0.3, -0.25) is 0 Å². The third kappa shape index (κ3) is 3.18. The molecule has 4 heteroatoms. The van der Waals surface area contributed by atoms with Crippen LogP contribution in [0, 0.1) is 6.92 Å². The van der Waals surface area contributed by atoms with Crippen LogP contribution < -0.4 is 11.1 Å². The molecule has 0 fully saturated rings. The molecule has 3 N–H and O–H groups in total. The summed E-state index contributed by atoms with van der Waals surface area (Å²) in [5.41, 5.74) is 9.93. The van der Waals surface area contributed by atoms with Crippen molar-refractivity contribution in [2.45, 2.75) is 26.3 Å². The molecule has 2 aromatic rings. The van der Waals surface area contributed by atoms with Crippen molar-refractivity contribution >= 4 is 34.3 Å². The molecular formula is C14H17ClN2S. The van der Waals surface area contributed by atoms with Crippen molar-refractivity contribution in [2.24, 2.45) is 0 Å². The predicted octanol–water partition coefficient (Wildman–Crippen LogP) is 4.34. The van der Waals surface area contributed by atoms with Gasteiger partial charge in [0.05, 0.1) is 10.7 Å². The van der Waals surface area contributed by atoms with E-state index in [-0.39, 0.29) is 0 Å². The van der Waals surface area contributed by atoms with Crippen LogP contribution in [-0.2, 0) is 6.42 Å². The molecule has 0 amide bonds. The average molecular weight is 281 g/mol. The standard InChI is InChI=1S/C14H17ClN2S/c1-9-5-13(16)12(15)7-14(9)17-10(2)6-11-3-4-18-8-11/h3-5,7-8,10,17H,6,16H2,1-2H3. The minimum Gasteiger partial charge on any atom is -0.398 e. The van der Waals surface area contributed by atoms with Gasteiger partial charge in [-0.25, -0.2) is 0 Å². The van der Waals surface area contributed by atoms with E-state index in [2.05, 4.69) is 29.1 Å². The second-order valence-electron chi connectivity index (χ2n) is 4.57. The van der Waals surface area contributed by atoms with Crippen molar-refractivity contribution in [1.82, 2.24) is 0 Å². The summed E-state index contributed by atoms with van der Waals surface area (Å²) in [5.74, 6) is 0. The molecule has 0 aliphatic heterocycles. The molecule has 0 saturated carbocycles. The largest absolute Gasteiger partial charge is 0.398 e. The highest BCUT2D eigenvalue weighted by Crippen LogP contribution is 2.27. The minimum atomic E-state index is 0.359. The molecule has 18 heavy (non-hydrogen) atoms. The highest BCUT2D eigenvalue weighted by molar-refractivity contribution is 7.07. The molecule has 1 unspecified atom stereocenters. The Labute approximate surface area is 117 Å². The highest BCUT2D eigenvalue weighted by Gasteiger charge is 2.08. The van der Waals surface area contributed by atoms with Gasteiger partial charge in [-0.2, -0.15) is 11.3 Å². The smallest absolute Gasteiger partial charge is 0.0656 e. The fourth-order valence-electron chi connectivity index (χ4n) is 1.94. The number of nitrogen functional groups attached to an aromatic ring is 1. The summed E-state index contributed by atoms with van der Waals surface area (Å²) in [4.78, 5) is 0. The minimum absolute atomic E-state index is 0.359. The van der Waals surface area contributed by atoms with Gasteiger partial charge in [0.25, 0.3) is 0 Å². The second-order valence-corrected chi connectivity index (χ2v) is 5.76. The van der Waals surface area contributed by atoms with E-state index in [9.17, 15) is 0 Å². The Morgan fingerprint density at radius 3 is 2.89 bits per heavy atom. The molecule has 0 aliphatic rings. The topological polar surface area (TPSA) is 38.0 Å². The van der Waals surface area contributed by atoms with Crippen LogP contribution in [0.4, 0.5) is 11.4 Å². The van der Waals surface area contributed by atoms with Gasteiger partial charge in [-0.05, 0) is 60.4 Å². The molecule has 96 valence electrons. The Kier molecular flexibility index (Phi) is 4.15. The van der Waals surface area contributed by atoms with Gasteiger partial charge in [0.1, 0.15) is 0 Å². The van der Waals surface area contributed by atoms with Crippen LogP contribution in [0.25, 0.3) is 0 Å². The van der Waals surface area contributed by atoms with Crippen LogP contribution in [0.5, 0.6) is 0 Å². The molecule has 2 nitrogen and oxygen atoms in total. The summed E-state index contributed by atoms with van der Waals surface area (Å²) < 4.78 is 0. The number of nitrogens with one attached hydrogen (secondary N) is 1. The van der Waals surface area contributed by atoms with E-state index < -0.39 is 0 Å². The molecule has 1 aromatic carbocycles. The van der Waals surface area contributed by atoms with E-state index in [1.54, 1.807) is 11.3 Å². The lowest BCUT2D eigenvalue weighted by molar-refractivity contribution is 0.791. The van der Waals surface area contributed by atoms with Crippen LogP contribution >= 0.6 is 22.9 Å². The first-order valence-corrected chi connectivity index (χ1v) is 7.21. The van der Waals surface area contributed by atoms with Crippen molar-refractivity contribution in [1.29, 1.82) is 0 Å². The molecule has 1 atom stereocenters. The number of hydrogen-bond donors (Lipinski definition) is 2. The lowest BCUT2D eigenvalue weighted by Crippen LogP contribution is -2.18. The first kappa shape index (κ1) is 13.2. The molecule has 0 aliphatic carbocycles. The second kappa shape index (κ2) is 5.63. The van der Waals surface area contributed by atoms with Crippen LogP contribution in [0.1, 0.15) is 18.1 Å². The lowest BCUT2D eigenvalue weighted by Gasteiger charge is -2.17. The molecular weight excluding hydrogens is 264 g/mol. The Hall–Kier alpha value is -1.19. The Bertz CT molecular complexity index is 523. The van der Waals surface area contributed by atoms with Gasteiger partial charge in [-0.15, -0.1) is 0 Å². The molecule has 1 heterocycles. The number of nitrogens with two attached hydrogens (primary N) is 1. The van der Waals surface area contributed by atoms with E-state index in [4.69, 9.17) is 17.3 Å². The Morgan fingerprint density at radius 2 is 2.22 bits per heavy atom. The van der Waals surface area contributed by atoms with E-state index in [0.717, 1.165) is 17.7 Å². The fraction of sp³-hybridized carbons (Fsp3) is 0.286. The molecule has 1 aromatic heterocycles. The van der Waals surface area contributed by atoms with Gasteiger partial charge >= 0.3 is 0 Å². The summed E-state index contributed by atoms with van der Waals surface area (Å²) in [7, 11) is 0. The van der Waals surface area contributed by atoms with Gasteiger partial charge in [0.15, 0.2) is 0 Å². The van der Waals surface area contributed by atoms with E-state index in [1.807, 2.05) is 19.1 Å². The van der Waals surface area contributed by atoms with Crippen LogP contribution in [0.3, 0.4) is 0 Å². The molecule has 0 saturated heterocycles. The number of aryl methyl sites for hydroxylation is 1. The molecule has 0 bridgehead atoms. The summed E-state index contributed by atoms with van der Waals surface area (Å²) in [6.07, 6.45) is 1.00. The number of hydrogen-bond acceptors (Lipinski definition) is 3. The van der Waals surface area contributed by atoms with Crippen molar-refractivity contribution in [3.8, 4) is 0 Å².